The number of aliphatic carboxylic acids is 1. The molecule has 1 aliphatic rings. The molecule has 0 saturated carbocycles. The maximum atomic E-state index is 10.4. The predicted molar refractivity (Wildman–Crippen MR) is 93.9 cm³/mol. The van der Waals surface area contributed by atoms with Gasteiger partial charge in [0.05, 0.1) is 0 Å². The van der Waals surface area contributed by atoms with Gasteiger partial charge in [-0.3, -0.25) is 0 Å². The van der Waals surface area contributed by atoms with Gasteiger partial charge < -0.3 is 9.84 Å². The number of ether oxygens (including phenoxy) is 1. The zero-order valence-electron chi connectivity index (χ0n) is 13.3. The Morgan fingerprint density at radius 2 is 1.91 bits per heavy atom. The van der Waals surface area contributed by atoms with Gasteiger partial charge in [-0.15, -0.1) is 0 Å². The average Bonchev–Trinajstić information content (AvgIpc) is 2.43. The highest BCUT2D eigenvalue weighted by Gasteiger charge is 2.29. The van der Waals surface area contributed by atoms with Crippen molar-refractivity contribution < 1.29 is 14.6 Å². The fourth-order valence-electron chi connectivity index (χ4n) is 2.33. The van der Waals surface area contributed by atoms with Crippen LogP contribution in [0.5, 0.6) is 5.75 Å². The maximum Gasteiger partial charge on any atom is 0.328 e. The van der Waals surface area contributed by atoms with Crippen LogP contribution in [-0.4, -0.2) is 16.7 Å². The summed E-state index contributed by atoms with van der Waals surface area (Å²) >= 11 is 6.12. The standard InChI is InChI=1S/C19H19ClO3/c1-13-10-16(20)12-14-11-15(19(2,3)23-18(13)14)8-6-4-5-7-9-17(21)22/h4-12H,1-3H3,(H,21,22)/b5-4+,8-6+,9-7+. The highest BCUT2D eigenvalue weighted by molar-refractivity contribution is 6.30. The second-order valence-electron chi connectivity index (χ2n) is 5.79. The summed E-state index contributed by atoms with van der Waals surface area (Å²) in [5.74, 6) is -0.108. The molecule has 120 valence electrons. The third kappa shape index (κ3) is 4.36. The average molecular weight is 331 g/mol. The van der Waals surface area contributed by atoms with E-state index in [0.29, 0.717) is 5.02 Å². The zero-order chi connectivity index (χ0) is 17.0. The summed E-state index contributed by atoms with van der Waals surface area (Å²) in [6.45, 7) is 6.00. The number of rotatable bonds is 4. The van der Waals surface area contributed by atoms with Crippen LogP contribution < -0.4 is 4.74 Å². The van der Waals surface area contributed by atoms with E-state index in [1.165, 1.54) is 6.08 Å². The number of fused-ring (bicyclic) bond motifs is 1. The number of carboxylic acids is 1. The Balaban J connectivity index is 2.26. The molecule has 0 aromatic heterocycles. The Hall–Kier alpha value is -2.26. The normalized spacial score (nSPS) is 16.6. The van der Waals surface area contributed by atoms with E-state index in [0.717, 1.165) is 28.5 Å². The van der Waals surface area contributed by atoms with Crippen molar-refractivity contribution in [2.45, 2.75) is 26.4 Å². The van der Waals surface area contributed by atoms with Crippen LogP contribution in [0.15, 0.2) is 54.2 Å². The molecule has 0 unspecified atom stereocenters. The summed E-state index contributed by atoms with van der Waals surface area (Å²) in [5, 5.41) is 9.19. The monoisotopic (exact) mass is 330 g/mol. The Labute approximate surface area is 141 Å². The van der Waals surface area contributed by atoms with Crippen LogP contribution in [0.3, 0.4) is 0 Å². The van der Waals surface area contributed by atoms with Gasteiger partial charge in [-0.2, -0.15) is 0 Å². The number of hydrogen-bond donors (Lipinski definition) is 1. The molecule has 1 aromatic carbocycles. The fraction of sp³-hybridized carbons (Fsp3) is 0.211. The molecule has 0 radical (unpaired) electrons. The fourth-order valence-corrected chi connectivity index (χ4v) is 2.61. The summed E-state index contributed by atoms with van der Waals surface area (Å²) in [7, 11) is 0. The van der Waals surface area contributed by atoms with Gasteiger partial charge in [0.15, 0.2) is 0 Å². The van der Waals surface area contributed by atoms with E-state index in [1.807, 2.05) is 45.1 Å². The molecule has 0 bridgehead atoms. The second-order valence-corrected chi connectivity index (χ2v) is 6.23. The molecule has 1 aliphatic heterocycles. The number of hydrogen-bond acceptors (Lipinski definition) is 2. The number of benzene rings is 1. The number of carbonyl (C=O) groups is 1. The molecule has 0 fully saturated rings. The highest BCUT2D eigenvalue weighted by Crippen LogP contribution is 2.39. The van der Waals surface area contributed by atoms with Gasteiger partial charge in [0.25, 0.3) is 0 Å². The maximum absolute atomic E-state index is 10.4. The van der Waals surface area contributed by atoms with Crippen molar-refractivity contribution in [3.05, 3.63) is 70.3 Å². The number of halogens is 1. The number of carboxylic acid groups (broad SMARTS) is 1. The first-order valence-electron chi connectivity index (χ1n) is 7.25. The lowest BCUT2D eigenvalue weighted by molar-refractivity contribution is -0.131. The first kappa shape index (κ1) is 17.1. The van der Waals surface area contributed by atoms with Gasteiger partial charge in [0.1, 0.15) is 11.4 Å². The van der Waals surface area contributed by atoms with Crippen molar-refractivity contribution in [2.24, 2.45) is 0 Å². The molecule has 1 aromatic rings. The lowest BCUT2D eigenvalue weighted by Gasteiger charge is -2.33. The summed E-state index contributed by atoms with van der Waals surface area (Å²) in [4.78, 5) is 10.4. The molecule has 3 nitrogen and oxygen atoms in total. The molecule has 0 spiro atoms. The topological polar surface area (TPSA) is 46.5 Å². The number of aryl methyl sites for hydroxylation is 1. The first-order chi connectivity index (χ1) is 10.8. The Bertz CT molecular complexity index is 737. The summed E-state index contributed by atoms with van der Waals surface area (Å²) < 4.78 is 6.13. The Morgan fingerprint density at radius 3 is 2.61 bits per heavy atom. The van der Waals surface area contributed by atoms with E-state index in [2.05, 4.69) is 6.08 Å². The van der Waals surface area contributed by atoms with Crippen LogP contribution in [0, 0.1) is 6.92 Å². The van der Waals surface area contributed by atoms with E-state index in [4.69, 9.17) is 21.4 Å². The van der Waals surface area contributed by atoms with Gasteiger partial charge in [0, 0.05) is 16.7 Å². The van der Waals surface area contributed by atoms with Crippen molar-refractivity contribution in [3.63, 3.8) is 0 Å². The summed E-state index contributed by atoms with van der Waals surface area (Å²) in [5.41, 5.74) is 2.54. The molecule has 2 rings (SSSR count). The van der Waals surface area contributed by atoms with E-state index in [9.17, 15) is 4.79 Å². The highest BCUT2D eigenvalue weighted by atomic mass is 35.5. The van der Waals surface area contributed by atoms with Crippen LogP contribution >= 0.6 is 11.6 Å². The predicted octanol–water partition coefficient (Wildman–Crippen LogP) is 4.96. The Morgan fingerprint density at radius 1 is 1.22 bits per heavy atom. The quantitative estimate of drug-likeness (QED) is 0.627. The summed E-state index contributed by atoms with van der Waals surface area (Å²) in [6, 6.07) is 3.78. The van der Waals surface area contributed by atoms with Gasteiger partial charge in [-0.25, -0.2) is 4.79 Å². The van der Waals surface area contributed by atoms with Crippen LogP contribution in [0.1, 0.15) is 25.0 Å². The molecular formula is C19H19ClO3. The molecule has 23 heavy (non-hydrogen) atoms. The van der Waals surface area contributed by atoms with Crippen molar-refractivity contribution in [2.75, 3.05) is 0 Å². The van der Waals surface area contributed by atoms with E-state index in [1.54, 1.807) is 12.2 Å². The van der Waals surface area contributed by atoms with E-state index >= 15 is 0 Å². The largest absolute Gasteiger partial charge is 0.482 e. The third-order valence-corrected chi connectivity index (χ3v) is 3.70. The molecule has 1 heterocycles. The van der Waals surface area contributed by atoms with Gasteiger partial charge >= 0.3 is 5.97 Å². The minimum absolute atomic E-state index is 0.452. The molecular weight excluding hydrogens is 312 g/mol. The lowest BCUT2D eigenvalue weighted by Crippen LogP contribution is -2.32. The van der Waals surface area contributed by atoms with Gasteiger partial charge in [0.2, 0.25) is 0 Å². The molecule has 0 saturated heterocycles. The van der Waals surface area contributed by atoms with Crippen molar-refractivity contribution in [1.29, 1.82) is 0 Å². The van der Waals surface area contributed by atoms with Crippen LogP contribution in [0.25, 0.3) is 6.08 Å². The molecule has 1 N–H and O–H groups in total. The first-order valence-corrected chi connectivity index (χ1v) is 7.63. The van der Waals surface area contributed by atoms with Gasteiger partial charge in [-0.05, 0) is 50.1 Å². The van der Waals surface area contributed by atoms with Crippen molar-refractivity contribution >= 4 is 23.6 Å². The zero-order valence-corrected chi connectivity index (χ0v) is 14.1. The molecule has 0 aliphatic carbocycles. The van der Waals surface area contributed by atoms with E-state index < -0.39 is 11.6 Å². The Kier molecular flexibility index (Phi) is 5.12. The molecule has 4 heteroatoms. The minimum Gasteiger partial charge on any atom is -0.482 e. The molecule has 0 atom stereocenters. The number of allylic oxidation sites excluding steroid dienone is 4. The summed E-state index contributed by atoms with van der Waals surface area (Å²) in [6.07, 6.45) is 11.9. The van der Waals surface area contributed by atoms with Crippen LogP contribution in [-0.2, 0) is 4.79 Å². The van der Waals surface area contributed by atoms with Crippen molar-refractivity contribution in [3.8, 4) is 5.75 Å². The van der Waals surface area contributed by atoms with Crippen molar-refractivity contribution in [1.82, 2.24) is 0 Å². The molecule has 0 amide bonds. The SMILES string of the molecule is Cc1cc(Cl)cc2c1OC(C)(C)C(/C=C/C=C/C=C/C(=O)O)=C2. The van der Waals surface area contributed by atoms with Gasteiger partial charge in [-0.1, -0.05) is 42.0 Å². The van der Waals surface area contributed by atoms with Crippen LogP contribution in [0.4, 0.5) is 0 Å². The lowest BCUT2D eigenvalue weighted by atomic mass is 9.91. The second kappa shape index (κ2) is 6.88. The smallest absolute Gasteiger partial charge is 0.328 e. The third-order valence-electron chi connectivity index (χ3n) is 3.48. The minimum atomic E-state index is -0.966. The van der Waals surface area contributed by atoms with Crippen LogP contribution in [0.2, 0.25) is 5.02 Å². The van der Waals surface area contributed by atoms with E-state index in [-0.39, 0.29) is 0 Å².